The summed E-state index contributed by atoms with van der Waals surface area (Å²) in [6.07, 6.45) is 21.7. The number of nitrogens with zero attached hydrogens (tertiary/aromatic N) is 4. The van der Waals surface area contributed by atoms with E-state index in [4.69, 9.17) is 21.3 Å². The van der Waals surface area contributed by atoms with Crippen LogP contribution in [-0.2, 0) is 17.1 Å². The molecular formula is C28H48CuN4-4. The van der Waals surface area contributed by atoms with Crippen LogP contribution < -0.4 is 0 Å². The molecule has 4 aliphatic carbocycles. The van der Waals surface area contributed by atoms with Gasteiger partial charge in [0.15, 0.2) is 0 Å². The van der Waals surface area contributed by atoms with E-state index in [0.717, 1.165) is 26.2 Å². The van der Waals surface area contributed by atoms with Crippen molar-refractivity contribution >= 4 is 0 Å². The first-order valence-corrected chi connectivity index (χ1v) is 14.5. The molecule has 0 bridgehead atoms. The van der Waals surface area contributed by atoms with Gasteiger partial charge in [0.25, 0.3) is 0 Å². The van der Waals surface area contributed by atoms with Gasteiger partial charge in [-0.15, -0.1) is 50.3 Å². The van der Waals surface area contributed by atoms with E-state index < -0.39 is 0 Å². The fourth-order valence-electron chi connectivity index (χ4n) is 7.65. The minimum atomic E-state index is 0. The molecule has 33 heavy (non-hydrogen) atoms. The molecule has 5 aliphatic rings. The molecule has 0 amide bonds. The summed E-state index contributed by atoms with van der Waals surface area (Å²) in [5, 5.41) is 21.6. The van der Waals surface area contributed by atoms with Crippen LogP contribution in [0.4, 0.5) is 0 Å². The summed E-state index contributed by atoms with van der Waals surface area (Å²) < 4.78 is 0. The van der Waals surface area contributed by atoms with E-state index in [9.17, 15) is 0 Å². The van der Waals surface area contributed by atoms with Crippen LogP contribution in [0.3, 0.4) is 0 Å². The van der Waals surface area contributed by atoms with Gasteiger partial charge in [0.2, 0.25) is 0 Å². The summed E-state index contributed by atoms with van der Waals surface area (Å²) in [5.74, 6) is 2.83. The Morgan fingerprint density at radius 3 is 0.758 bits per heavy atom. The monoisotopic (exact) mass is 503 g/mol. The fourth-order valence-corrected chi connectivity index (χ4v) is 7.65. The Morgan fingerprint density at radius 1 is 0.303 bits per heavy atom. The molecule has 8 unspecified atom stereocenters. The van der Waals surface area contributed by atoms with Crippen molar-refractivity contribution in [2.75, 3.05) is 26.2 Å². The second-order valence-electron chi connectivity index (χ2n) is 11.9. The largest absolute Gasteiger partial charge is 0.659 e. The predicted octanol–water partition coefficient (Wildman–Crippen LogP) is 7.73. The summed E-state index contributed by atoms with van der Waals surface area (Å²) in [6.45, 7) is 4.28. The van der Waals surface area contributed by atoms with Gasteiger partial charge < -0.3 is 21.3 Å². The van der Waals surface area contributed by atoms with E-state index in [0.29, 0.717) is 47.8 Å². The minimum Gasteiger partial charge on any atom is -0.659 e. The van der Waals surface area contributed by atoms with Crippen molar-refractivity contribution in [2.24, 2.45) is 23.7 Å². The SMILES string of the molecule is C1CCC2[N-]CC3CCCCC3[N-]CC3CCCCC3[N-]CC3CCCCC3[N-]CC2C1.[Cu]. The number of rotatable bonds is 0. The molecule has 195 valence electrons. The fraction of sp³-hybridized carbons (Fsp3) is 1.00. The maximum Gasteiger partial charge on any atom is 0 e. The predicted molar refractivity (Wildman–Crippen MR) is 136 cm³/mol. The summed E-state index contributed by atoms with van der Waals surface area (Å²) in [5.41, 5.74) is 0. The van der Waals surface area contributed by atoms with Gasteiger partial charge in [-0.05, 0) is 0 Å². The molecule has 1 saturated heterocycles. The van der Waals surface area contributed by atoms with Crippen LogP contribution in [-0.4, -0.2) is 50.3 Å². The number of fused-ring (bicyclic) bond motifs is 4. The zero-order chi connectivity index (χ0) is 21.6. The maximum atomic E-state index is 5.41. The molecule has 0 spiro atoms. The molecule has 1 aliphatic heterocycles. The normalized spacial score (nSPS) is 43.6. The van der Waals surface area contributed by atoms with Gasteiger partial charge in [0.1, 0.15) is 0 Å². The van der Waals surface area contributed by atoms with Crippen LogP contribution in [0.25, 0.3) is 21.3 Å². The summed E-state index contributed by atoms with van der Waals surface area (Å²) in [4.78, 5) is 0. The molecule has 4 saturated carbocycles. The van der Waals surface area contributed by atoms with Crippen molar-refractivity contribution < 1.29 is 17.1 Å². The van der Waals surface area contributed by atoms with Gasteiger partial charge in [-0.2, -0.15) is 0 Å². The molecule has 1 radical (unpaired) electrons. The minimum absolute atomic E-state index is 0. The Balaban J connectivity index is 0.00000259. The van der Waals surface area contributed by atoms with E-state index >= 15 is 0 Å². The maximum absolute atomic E-state index is 5.41. The van der Waals surface area contributed by atoms with Crippen LogP contribution >= 0.6 is 0 Å². The topological polar surface area (TPSA) is 56.4 Å². The van der Waals surface area contributed by atoms with Crippen molar-refractivity contribution in [3.8, 4) is 0 Å². The zero-order valence-electron chi connectivity index (χ0n) is 20.9. The van der Waals surface area contributed by atoms with Crippen LogP contribution in [0.2, 0.25) is 0 Å². The van der Waals surface area contributed by atoms with Gasteiger partial charge in [0, 0.05) is 17.1 Å². The van der Waals surface area contributed by atoms with Gasteiger partial charge in [0.05, 0.1) is 0 Å². The van der Waals surface area contributed by atoms with Gasteiger partial charge in [-0.25, -0.2) is 0 Å². The summed E-state index contributed by atoms with van der Waals surface area (Å²) in [6, 6.07) is 2.27. The molecule has 5 rings (SSSR count). The standard InChI is InChI=1S/C28H48N4.Cu/c1-5-13-25-21(9-1)17-29-26-14-6-2-11-23(26)19-31-28-16-8-4-12-24(28)20-32-27-15-7-3-10-22(27)18-30-25;/h21-28H,1-20H2;/q-4;. The van der Waals surface area contributed by atoms with Crippen LogP contribution in [0.1, 0.15) is 103 Å². The first-order chi connectivity index (χ1) is 15.9. The van der Waals surface area contributed by atoms with Crippen LogP contribution in [0, 0.1) is 23.7 Å². The quantitative estimate of drug-likeness (QED) is 0.303. The Morgan fingerprint density at radius 2 is 0.515 bits per heavy atom. The number of hydrogen-bond acceptors (Lipinski definition) is 0. The number of hydrogen-bond donors (Lipinski definition) is 0. The molecule has 5 fully saturated rings. The molecule has 0 N–H and O–H groups in total. The van der Waals surface area contributed by atoms with Crippen molar-refractivity contribution in [3.05, 3.63) is 21.3 Å². The zero-order valence-corrected chi connectivity index (χ0v) is 21.8. The van der Waals surface area contributed by atoms with E-state index in [-0.39, 0.29) is 17.1 Å². The van der Waals surface area contributed by atoms with Crippen molar-refractivity contribution in [2.45, 2.75) is 127 Å². The van der Waals surface area contributed by atoms with Crippen molar-refractivity contribution in [1.29, 1.82) is 0 Å². The van der Waals surface area contributed by atoms with E-state index in [1.807, 2.05) is 0 Å². The molecule has 1 heterocycles. The summed E-state index contributed by atoms with van der Waals surface area (Å²) >= 11 is 0. The second-order valence-corrected chi connectivity index (χ2v) is 11.9. The Kier molecular flexibility index (Phi) is 10.9. The second kappa shape index (κ2) is 13.6. The smallest absolute Gasteiger partial charge is 0 e. The van der Waals surface area contributed by atoms with Gasteiger partial charge >= 0.3 is 0 Å². The third-order valence-electron chi connectivity index (χ3n) is 9.77. The Bertz CT molecular complexity index is 416. The first-order valence-electron chi connectivity index (χ1n) is 14.5. The average Bonchev–Trinajstić information content (AvgIpc) is 2.85. The average molecular weight is 504 g/mol. The molecule has 4 nitrogen and oxygen atoms in total. The Labute approximate surface area is 214 Å². The van der Waals surface area contributed by atoms with E-state index in [1.165, 1.54) is 103 Å². The Hall–Kier alpha value is 0.359. The molecular weight excluding hydrogens is 456 g/mol. The molecule has 0 aromatic heterocycles. The van der Waals surface area contributed by atoms with Gasteiger partial charge in [-0.3, -0.25) is 0 Å². The molecule has 8 atom stereocenters. The van der Waals surface area contributed by atoms with Crippen LogP contribution in [0.5, 0.6) is 0 Å². The van der Waals surface area contributed by atoms with Crippen molar-refractivity contribution in [3.63, 3.8) is 0 Å². The third-order valence-corrected chi connectivity index (χ3v) is 9.77. The molecule has 0 aromatic rings. The van der Waals surface area contributed by atoms with Crippen LogP contribution in [0.15, 0.2) is 0 Å². The summed E-state index contributed by atoms with van der Waals surface area (Å²) in [7, 11) is 0. The third kappa shape index (κ3) is 7.20. The first kappa shape index (κ1) is 26.4. The van der Waals surface area contributed by atoms with E-state index in [1.54, 1.807) is 0 Å². The van der Waals surface area contributed by atoms with E-state index in [2.05, 4.69) is 0 Å². The van der Waals surface area contributed by atoms with Crippen molar-refractivity contribution in [1.82, 2.24) is 0 Å². The van der Waals surface area contributed by atoms with Gasteiger partial charge in [-0.1, -0.05) is 126 Å². The molecule has 0 aromatic carbocycles. The molecule has 5 heteroatoms.